The Labute approximate surface area is 93.3 Å². The van der Waals surface area contributed by atoms with Crippen LogP contribution < -0.4 is 10.6 Å². The maximum atomic E-state index is 5.90. The molecule has 1 aliphatic heterocycles. The van der Waals surface area contributed by atoms with Crippen LogP contribution in [0.2, 0.25) is 0 Å². The van der Waals surface area contributed by atoms with Crippen molar-refractivity contribution in [1.29, 1.82) is 0 Å². The number of nitrogen functional groups attached to an aromatic ring is 1. The van der Waals surface area contributed by atoms with Crippen LogP contribution in [0.25, 0.3) is 0 Å². The molecule has 0 spiro atoms. The highest BCUT2D eigenvalue weighted by Gasteiger charge is 2.15. The number of H-pyrrole nitrogens is 1. The summed E-state index contributed by atoms with van der Waals surface area (Å²) >= 11 is 5.08. The fraction of sp³-hybridized carbons (Fsp3) is 0.556. The lowest BCUT2D eigenvalue weighted by molar-refractivity contribution is 0.122. The molecule has 1 aromatic rings. The number of nitrogens with zero attached hydrogens (tertiary/aromatic N) is 2. The second-order valence-corrected chi connectivity index (χ2v) is 3.88. The largest absolute Gasteiger partial charge is 0.393 e. The van der Waals surface area contributed by atoms with Gasteiger partial charge in [-0.1, -0.05) is 12.2 Å². The Hall–Kier alpha value is -1.14. The number of nitrogens with two attached hydrogens (primary N) is 1. The minimum absolute atomic E-state index is 0.466. The monoisotopic (exact) mass is 226 g/mol. The quantitative estimate of drug-likeness (QED) is 0.695. The minimum atomic E-state index is 0.466. The van der Waals surface area contributed by atoms with Crippen molar-refractivity contribution in [1.82, 2.24) is 9.97 Å². The van der Waals surface area contributed by atoms with Crippen molar-refractivity contribution >= 4 is 23.7 Å². The second kappa shape index (κ2) is 4.16. The van der Waals surface area contributed by atoms with Crippen molar-refractivity contribution in [3.63, 3.8) is 0 Å². The van der Waals surface area contributed by atoms with Crippen molar-refractivity contribution in [3.8, 4) is 0 Å². The number of ether oxygens (including phenoxy) is 1. The second-order valence-electron chi connectivity index (χ2n) is 3.49. The van der Waals surface area contributed by atoms with Crippen LogP contribution in [-0.4, -0.2) is 36.3 Å². The van der Waals surface area contributed by atoms with Gasteiger partial charge in [0, 0.05) is 13.1 Å². The lowest BCUT2D eigenvalue weighted by Gasteiger charge is -2.29. The maximum absolute atomic E-state index is 5.90. The molecule has 0 saturated carbocycles. The number of aromatic nitrogens is 2. The van der Waals surface area contributed by atoms with Crippen LogP contribution in [0.5, 0.6) is 0 Å². The molecule has 0 aromatic carbocycles. The van der Waals surface area contributed by atoms with Gasteiger partial charge in [0.25, 0.3) is 0 Å². The van der Waals surface area contributed by atoms with Crippen molar-refractivity contribution in [2.24, 2.45) is 0 Å². The topological polar surface area (TPSA) is 67.2 Å². The van der Waals surface area contributed by atoms with Gasteiger partial charge in [0.1, 0.15) is 17.3 Å². The summed E-state index contributed by atoms with van der Waals surface area (Å²) in [4.78, 5) is 9.40. The Balaban J connectivity index is 2.37. The van der Waals surface area contributed by atoms with Gasteiger partial charge in [0.2, 0.25) is 0 Å². The van der Waals surface area contributed by atoms with Crippen LogP contribution in [0.1, 0.15) is 5.82 Å². The summed E-state index contributed by atoms with van der Waals surface area (Å²) in [5, 5.41) is 0. The van der Waals surface area contributed by atoms with Gasteiger partial charge >= 0.3 is 0 Å². The lowest BCUT2D eigenvalue weighted by Crippen LogP contribution is -2.37. The molecule has 0 radical (unpaired) electrons. The fourth-order valence-corrected chi connectivity index (χ4v) is 1.85. The van der Waals surface area contributed by atoms with Crippen LogP contribution in [0.3, 0.4) is 0 Å². The van der Waals surface area contributed by atoms with Gasteiger partial charge in [0.15, 0.2) is 4.64 Å². The molecule has 0 unspecified atom stereocenters. The van der Waals surface area contributed by atoms with E-state index in [1.54, 1.807) is 0 Å². The lowest BCUT2D eigenvalue weighted by atomic mass is 10.3. The SMILES string of the molecule is Cc1nc(=S)c(N)c(N2CCOCC2)[nH]1. The Morgan fingerprint density at radius 2 is 2.13 bits per heavy atom. The molecule has 6 heteroatoms. The highest BCUT2D eigenvalue weighted by molar-refractivity contribution is 7.71. The fourth-order valence-electron chi connectivity index (χ4n) is 1.62. The van der Waals surface area contributed by atoms with E-state index in [1.165, 1.54) is 0 Å². The summed E-state index contributed by atoms with van der Waals surface area (Å²) in [5.74, 6) is 1.66. The summed E-state index contributed by atoms with van der Waals surface area (Å²) in [6.45, 7) is 4.99. The van der Waals surface area contributed by atoms with E-state index in [4.69, 9.17) is 22.7 Å². The zero-order chi connectivity index (χ0) is 10.8. The highest BCUT2D eigenvalue weighted by atomic mass is 32.1. The summed E-state index contributed by atoms with van der Waals surface area (Å²) < 4.78 is 5.75. The average Bonchev–Trinajstić information content (AvgIpc) is 2.24. The number of rotatable bonds is 1. The smallest absolute Gasteiger partial charge is 0.154 e. The third-order valence-electron chi connectivity index (χ3n) is 2.38. The number of aryl methyl sites for hydroxylation is 1. The van der Waals surface area contributed by atoms with Crippen molar-refractivity contribution < 1.29 is 4.74 Å². The first-order valence-corrected chi connectivity index (χ1v) is 5.28. The molecule has 2 rings (SSSR count). The molecule has 0 atom stereocenters. The molecule has 1 fully saturated rings. The van der Waals surface area contributed by atoms with E-state index >= 15 is 0 Å². The summed E-state index contributed by atoms with van der Waals surface area (Å²) in [6, 6.07) is 0. The van der Waals surface area contributed by atoms with Crippen LogP contribution >= 0.6 is 12.2 Å². The number of aromatic amines is 1. The number of hydrogen-bond acceptors (Lipinski definition) is 5. The summed E-state index contributed by atoms with van der Waals surface area (Å²) in [7, 11) is 0. The first-order valence-electron chi connectivity index (χ1n) is 4.87. The first-order chi connectivity index (χ1) is 7.18. The van der Waals surface area contributed by atoms with Gasteiger partial charge in [-0.25, -0.2) is 4.98 Å². The number of anilines is 2. The standard InChI is InChI=1S/C9H14N4OS/c1-6-11-8(7(10)9(15)12-6)13-2-4-14-5-3-13/h2-5,10H2,1H3,(H,11,12,15). The molecule has 0 amide bonds. The predicted octanol–water partition coefficient (Wildman–Crippen LogP) is 0.866. The Kier molecular flexibility index (Phi) is 2.88. The molecule has 5 nitrogen and oxygen atoms in total. The number of nitrogens with one attached hydrogen (secondary N) is 1. The molecule has 0 bridgehead atoms. The van der Waals surface area contributed by atoms with Crippen molar-refractivity contribution in [3.05, 3.63) is 10.5 Å². The van der Waals surface area contributed by atoms with E-state index in [9.17, 15) is 0 Å². The Bertz CT molecular complexity index is 411. The molecule has 82 valence electrons. The van der Waals surface area contributed by atoms with Crippen LogP contribution in [0.15, 0.2) is 0 Å². The molecule has 1 aliphatic rings. The van der Waals surface area contributed by atoms with Gasteiger partial charge in [0.05, 0.1) is 13.2 Å². The maximum Gasteiger partial charge on any atom is 0.154 e. The molecule has 3 N–H and O–H groups in total. The molecular weight excluding hydrogens is 212 g/mol. The minimum Gasteiger partial charge on any atom is -0.393 e. The van der Waals surface area contributed by atoms with Gasteiger partial charge in [-0.05, 0) is 6.92 Å². The van der Waals surface area contributed by atoms with Crippen molar-refractivity contribution in [2.75, 3.05) is 36.9 Å². The highest BCUT2D eigenvalue weighted by Crippen LogP contribution is 2.21. The van der Waals surface area contributed by atoms with Gasteiger partial charge in [-0.2, -0.15) is 0 Å². The zero-order valence-electron chi connectivity index (χ0n) is 8.62. The van der Waals surface area contributed by atoms with Crippen molar-refractivity contribution in [2.45, 2.75) is 6.92 Å². The first kappa shape index (κ1) is 10.4. The number of morpholine rings is 1. The summed E-state index contributed by atoms with van der Waals surface area (Å²) in [5.41, 5.74) is 6.46. The third kappa shape index (κ3) is 2.10. The molecular formula is C9H14N4OS. The number of hydrogen-bond donors (Lipinski definition) is 2. The van der Waals surface area contributed by atoms with E-state index in [2.05, 4.69) is 14.9 Å². The van der Waals surface area contributed by atoms with E-state index < -0.39 is 0 Å². The Morgan fingerprint density at radius 3 is 2.80 bits per heavy atom. The van der Waals surface area contributed by atoms with Gasteiger partial charge in [-0.3, -0.25) is 0 Å². The molecule has 2 heterocycles. The molecule has 15 heavy (non-hydrogen) atoms. The van der Waals surface area contributed by atoms with E-state index in [1.807, 2.05) is 6.92 Å². The van der Waals surface area contributed by atoms with Crippen LogP contribution in [0, 0.1) is 11.6 Å². The Morgan fingerprint density at radius 1 is 1.47 bits per heavy atom. The zero-order valence-corrected chi connectivity index (χ0v) is 9.43. The van der Waals surface area contributed by atoms with E-state index in [0.29, 0.717) is 10.3 Å². The van der Waals surface area contributed by atoms with Gasteiger partial charge in [-0.15, -0.1) is 0 Å². The average molecular weight is 226 g/mol. The summed E-state index contributed by atoms with van der Waals surface area (Å²) in [6.07, 6.45) is 0. The molecule has 1 saturated heterocycles. The van der Waals surface area contributed by atoms with E-state index in [-0.39, 0.29) is 0 Å². The van der Waals surface area contributed by atoms with Gasteiger partial charge < -0.3 is 20.4 Å². The normalized spacial score (nSPS) is 16.7. The van der Waals surface area contributed by atoms with Crippen LogP contribution in [-0.2, 0) is 4.74 Å². The molecule has 0 aliphatic carbocycles. The third-order valence-corrected chi connectivity index (χ3v) is 2.69. The predicted molar refractivity (Wildman–Crippen MR) is 61.6 cm³/mol. The molecule has 1 aromatic heterocycles. The van der Waals surface area contributed by atoms with E-state index in [0.717, 1.165) is 37.9 Å². The van der Waals surface area contributed by atoms with Crippen LogP contribution in [0.4, 0.5) is 11.5 Å².